The van der Waals surface area contributed by atoms with Crippen LogP contribution in [0.25, 0.3) is 11.3 Å². The van der Waals surface area contributed by atoms with Crippen LogP contribution in [0.3, 0.4) is 0 Å². The Hall–Kier alpha value is -3.53. The van der Waals surface area contributed by atoms with Gasteiger partial charge in [-0.2, -0.15) is 5.26 Å². The summed E-state index contributed by atoms with van der Waals surface area (Å²) in [6, 6.07) is 16.1. The molecule has 6 nitrogen and oxygen atoms in total. The number of nitriles is 1. The first-order valence-corrected chi connectivity index (χ1v) is 11.3. The van der Waals surface area contributed by atoms with Crippen LogP contribution in [0.2, 0.25) is 10.0 Å². The van der Waals surface area contributed by atoms with E-state index in [1.54, 1.807) is 48.7 Å². The normalized spacial score (nSPS) is 10.9. The summed E-state index contributed by atoms with van der Waals surface area (Å²) in [6.45, 7) is 6.11. The highest BCUT2D eigenvalue weighted by atomic mass is 35.5. The third-order valence-corrected chi connectivity index (χ3v) is 5.76. The molecule has 2 aromatic carbocycles. The SMILES string of the molecule is Cc1cc(OCc2c(-c3c(Cl)cccc3Cl)noc2C(C)C)cnc1Oc1ccc(C#N)cc1. The van der Waals surface area contributed by atoms with Crippen molar-refractivity contribution < 1.29 is 14.0 Å². The fourth-order valence-corrected chi connectivity index (χ4v) is 4.00. The highest BCUT2D eigenvalue weighted by Crippen LogP contribution is 2.39. The molecular formula is C26H21Cl2N3O3. The van der Waals surface area contributed by atoms with Gasteiger partial charge in [-0.1, -0.05) is 48.3 Å². The van der Waals surface area contributed by atoms with E-state index in [9.17, 15) is 0 Å². The van der Waals surface area contributed by atoms with Gasteiger partial charge in [-0.05, 0) is 49.4 Å². The van der Waals surface area contributed by atoms with E-state index in [1.807, 2.05) is 26.8 Å². The Morgan fingerprint density at radius 1 is 1.06 bits per heavy atom. The van der Waals surface area contributed by atoms with Gasteiger partial charge in [0.15, 0.2) is 0 Å². The van der Waals surface area contributed by atoms with Gasteiger partial charge >= 0.3 is 0 Å². The van der Waals surface area contributed by atoms with E-state index in [0.29, 0.717) is 50.0 Å². The molecule has 0 atom stereocenters. The molecule has 34 heavy (non-hydrogen) atoms. The molecule has 0 N–H and O–H groups in total. The third-order valence-electron chi connectivity index (χ3n) is 5.13. The molecule has 8 heteroatoms. The summed E-state index contributed by atoms with van der Waals surface area (Å²) in [6.07, 6.45) is 1.59. The monoisotopic (exact) mass is 493 g/mol. The second-order valence-electron chi connectivity index (χ2n) is 7.95. The molecular weight excluding hydrogens is 473 g/mol. The number of ether oxygens (including phenoxy) is 2. The van der Waals surface area contributed by atoms with Gasteiger partial charge in [-0.15, -0.1) is 0 Å². The van der Waals surface area contributed by atoms with Crippen LogP contribution >= 0.6 is 23.2 Å². The highest BCUT2D eigenvalue weighted by Gasteiger charge is 2.24. The fourth-order valence-electron chi connectivity index (χ4n) is 3.42. The summed E-state index contributed by atoms with van der Waals surface area (Å²) in [5.41, 5.74) is 3.31. The van der Waals surface area contributed by atoms with E-state index < -0.39 is 0 Å². The predicted molar refractivity (Wildman–Crippen MR) is 131 cm³/mol. The molecule has 0 radical (unpaired) electrons. The summed E-state index contributed by atoms with van der Waals surface area (Å²) in [4.78, 5) is 4.39. The second-order valence-corrected chi connectivity index (χ2v) is 8.76. The van der Waals surface area contributed by atoms with Crippen molar-refractivity contribution in [2.75, 3.05) is 0 Å². The number of rotatable bonds is 7. The molecule has 0 aliphatic carbocycles. The summed E-state index contributed by atoms with van der Waals surface area (Å²) < 4.78 is 17.5. The number of pyridine rings is 1. The number of hydrogen-bond donors (Lipinski definition) is 0. The maximum Gasteiger partial charge on any atom is 0.222 e. The lowest BCUT2D eigenvalue weighted by atomic mass is 10.0. The Morgan fingerprint density at radius 2 is 1.76 bits per heavy atom. The lowest BCUT2D eigenvalue weighted by Crippen LogP contribution is -2.02. The summed E-state index contributed by atoms with van der Waals surface area (Å²) in [5.74, 6) is 2.40. The van der Waals surface area contributed by atoms with E-state index in [2.05, 4.69) is 16.2 Å². The molecule has 0 saturated heterocycles. The van der Waals surface area contributed by atoms with Crippen LogP contribution in [-0.2, 0) is 6.61 Å². The highest BCUT2D eigenvalue weighted by molar-refractivity contribution is 6.39. The zero-order valence-electron chi connectivity index (χ0n) is 18.8. The van der Waals surface area contributed by atoms with E-state index in [0.717, 1.165) is 11.1 Å². The van der Waals surface area contributed by atoms with Crippen molar-refractivity contribution in [3.05, 3.63) is 87.2 Å². The van der Waals surface area contributed by atoms with E-state index in [-0.39, 0.29) is 12.5 Å². The zero-order chi connectivity index (χ0) is 24.2. The average molecular weight is 494 g/mol. The molecule has 4 rings (SSSR count). The van der Waals surface area contributed by atoms with Crippen molar-refractivity contribution in [2.24, 2.45) is 0 Å². The topological polar surface area (TPSA) is 81.2 Å². The van der Waals surface area contributed by atoms with E-state index in [4.69, 9.17) is 42.5 Å². The minimum absolute atomic E-state index is 0.0872. The van der Waals surface area contributed by atoms with Gasteiger partial charge in [0, 0.05) is 17.0 Å². The van der Waals surface area contributed by atoms with Crippen molar-refractivity contribution >= 4 is 23.2 Å². The van der Waals surface area contributed by atoms with Crippen LogP contribution < -0.4 is 9.47 Å². The van der Waals surface area contributed by atoms with Gasteiger partial charge in [-0.3, -0.25) is 0 Å². The summed E-state index contributed by atoms with van der Waals surface area (Å²) in [7, 11) is 0. The molecule has 0 saturated carbocycles. The Balaban J connectivity index is 1.56. The molecule has 172 valence electrons. The molecule has 2 heterocycles. The minimum atomic E-state index is 0.0872. The molecule has 0 amide bonds. The van der Waals surface area contributed by atoms with Gasteiger partial charge in [0.2, 0.25) is 5.88 Å². The van der Waals surface area contributed by atoms with Crippen LogP contribution in [0, 0.1) is 18.3 Å². The Kier molecular flexibility index (Phi) is 7.06. The quantitative estimate of drug-likeness (QED) is 0.262. The molecule has 4 aromatic rings. The largest absolute Gasteiger partial charge is 0.487 e. The van der Waals surface area contributed by atoms with Crippen LogP contribution in [0.4, 0.5) is 0 Å². The van der Waals surface area contributed by atoms with E-state index >= 15 is 0 Å². The smallest absolute Gasteiger partial charge is 0.222 e. The molecule has 0 spiro atoms. The van der Waals surface area contributed by atoms with Crippen LogP contribution in [0.15, 0.2) is 59.3 Å². The predicted octanol–water partition coefficient (Wildman–Crippen LogP) is 7.72. The first-order chi connectivity index (χ1) is 16.4. The third kappa shape index (κ3) is 5.01. The standard InChI is InChI=1S/C26H21Cl2N3O3/c1-15(2)25-20(24(31-34-25)23-21(27)5-4-6-22(23)28)14-32-19-11-16(3)26(30-13-19)33-18-9-7-17(12-29)8-10-18/h4-11,13,15H,14H2,1-3H3. The van der Waals surface area contributed by atoms with Crippen LogP contribution in [-0.4, -0.2) is 10.1 Å². The molecule has 2 aromatic heterocycles. The van der Waals surface area contributed by atoms with Crippen molar-refractivity contribution in [3.63, 3.8) is 0 Å². The molecule has 0 fully saturated rings. The van der Waals surface area contributed by atoms with Crippen LogP contribution in [0.5, 0.6) is 17.4 Å². The second kappa shape index (κ2) is 10.2. The van der Waals surface area contributed by atoms with Gasteiger partial charge in [0.05, 0.1) is 33.4 Å². The number of nitrogens with zero attached hydrogens (tertiary/aromatic N) is 3. The first-order valence-electron chi connectivity index (χ1n) is 10.6. The van der Waals surface area contributed by atoms with Gasteiger partial charge in [0.1, 0.15) is 29.6 Å². The Morgan fingerprint density at radius 3 is 2.38 bits per heavy atom. The fraction of sp³-hybridized carbons (Fsp3) is 0.192. The average Bonchev–Trinajstić information content (AvgIpc) is 3.23. The zero-order valence-corrected chi connectivity index (χ0v) is 20.3. The number of hydrogen-bond acceptors (Lipinski definition) is 6. The van der Waals surface area contributed by atoms with Gasteiger partial charge in [0.25, 0.3) is 0 Å². The van der Waals surface area contributed by atoms with Gasteiger partial charge < -0.3 is 14.0 Å². The molecule has 0 aliphatic rings. The van der Waals surface area contributed by atoms with Crippen molar-refractivity contribution in [3.8, 4) is 34.7 Å². The molecule has 0 bridgehead atoms. The number of halogens is 2. The molecule has 0 aliphatic heterocycles. The number of aryl methyl sites for hydroxylation is 1. The lowest BCUT2D eigenvalue weighted by Gasteiger charge is -2.12. The maximum absolute atomic E-state index is 8.93. The number of benzene rings is 2. The lowest BCUT2D eigenvalue weighted by molar-refractivity contribution is 0.296. The van der Waals surface area contributed by atoms with Crippen molar-refractivity contribution in [1.29, 1.82) is 5.26 Å². The van der Waals surface area contributed by atoms with Crippen molar-refractivity contribution in [2.45, 2.75) is 33.3 Å². The first kappa shape index (κ1) is 23.6. The summed E-state index contributed by atoms with van der Waals surface area (Å²) in [5, 5.41) is 14.2. The van der Waals surface area contributed by atoms with Crippen molar-refractivity contribution in [1.82, 2.24) is 10.1 Å². The van der Waals surface area contributed by atoms with E-state index in [1.165, 1.54) is 0 Å². The Bertz CT molecular complexity index is 1340. The maximum atomic E-state index is 8.93. The molecule has 0 unspecified atom stereocenters. The minimum Gasteiger partial charge on any atom is -0.487 e. The summed E-state index contributed by atoms with van der Waals surface area (Å²) >= 11 is 12.8. The van der Waals surface area contributed by atoms with Gasteiger partial charge in [-0.25, -0.2) is 4.98 Å². The van der Waals surface area contributed by atoms with Crippen LogP contribution in [0.1, 0.15) is 42.2 Å². The number of aromatic nitrogens is 2. The Labute approximate surface area is 207 Å².